The summed E-state index contributed by atoms with van der Waals surface area (Å²) in [6.07, 6.45) is 5.12. The third kappa shape index (κ3) is 5.51. The van der Waals surface area contributed by atoms with Crippen LogP contribution in [0.4, 0.5) is 0 Å². The highest BCUT2D eigenvalue weighted by Crippen LogP contribution is 2.18. The molecule has 0 unspecified atom stereocenters. The van der Waals surface area contributed by atoms with Crippen molar-refractivity contribution in [1.29, 1.82) is 0 Å². The molecule has 1 aromatic carbocycles. The number of hydrogen-bond acceptors (Lipinski definition) is 4. The smallest absolute Gasteiger partial charge is 0.258 e. The van der Waals surface area contributed by atoms with Crippen LogP contribution in [0.3, 0.4) is 0 Å². The molecule has 2 N–H and O–H groups in total. The minimum atomic E-state index is -3.47. The number of carbonyl (C=O) groups is 1. The van der Waals surface area contributed by atoms with E-state index in [1.54, 1.807) is 12.1 Å². The lowest BCUT2D eigenvalue weighted by Gasteiger charge is -2.12. The van der Waals surface area contributed by atoms with Crippen molar-refractivity contribution in [2.24, 2.45) is 0 Å². The molecule has 23 heavy (non-hydrogen) atoms. The van der Waals surface area contributed by atoms with Gasteiger partial charge in [0.25, 0.3) is 5.91 Å². The molecule has 0 spiro atoms. The van der Waals surface area contributed by atoms with Crippen molar-refractivity contribution in [2.75, 3.05) is 13.2 Å². The third-order valence-corrected chi connectivity index (χ3v) is 5.24. The minimum absolute atomic E-state index is 0.0588. The molecule has 1 fully saturated rings. The first-order valence-electron chi connectivity index (χ1n) is 8.03. The van der Waals surface area contributed by atoms with E-state index in [1.165, 1.54) is 12.1 Å². The van der Waals surface area contributed by atoms with Crippen molar-refractivity contribution in [3.63, 3.8) is 0 Å². The zero-order valence-corrected chi connectivity index (χ0v) is 14.2. The molecule has 0 aliphatic heterocycles. The fraction of sp³-hybridized carbons (Fsp3) is 0.562. The van der Waals surface area contributed by atoms with Gasteiger partial charge in [-0.15, -0.1) is 0 Å². The summed E-state index contributed by atoms with van der Waals surface area (Å²) in [7, 11) is -3.47. The van der Waals surface area contributed by atoms with E-state index in [1.807, 2.05) is 6.92 Å². The lowest BCUT2D eigenvalue weighted by molar-refractivity contribution is -0.123. The zero-order valence-electron chi connectivity index (χ0n) is 13.4. The fourth-order valence-electron chi connectivity index (χ4n) is 2.52. The molecule has 0 saturated heterocycles. The van der Waals surface area contributed by atoms with Crippen molar-refractivity contribution >= 4 is 15.9 Å². The van der Waals surface area contributed by atoms with Gasteiger partial charge in [0.05, 0.1) is 4.90 Å². The van der Waals surface area contributed by atoms with E-state index in [9.17, 15) is 13.2 Å². The van der Waals surface area contributed by atoms with Crippen LogP contribution in [-0.2, 0) is 14.8 Å². The number of rotatable bonds is 8. The number of nitrogens with one attached hydrogen (secondary N) is 2. The molecule has 0 radical (unpaired) electrons. The van der Waals surface area contributed by atoms with Crippen molar-refractivity contribution in [1.82, 2.24) is 10.0 Å². The number of sulfonamides is 1. The maximum atomic E-state index is 11.9. The van der Waals surface area contributed by atoms with Crippen molar-refractivity contribution < 1.29 is 17.9 Å². The van der Waals surface area contributed by atoms with Gasteiger partial charge in [0.2, 0.25) is 10.0 Å². The molecule has 0 atom stereocenters. The summed E-state index contributed by atoms with van der Waals surface area (Å²) in [5.41, 5.74) is 0. The maximum Gasteiger partial charge on any atom is 0.258 e. The molecule has 6 nitrogen and oxygen atoms in total. The Kier molecular flexibility index (Phi) is 6.41. The normalized spacial score (nSPS) is 15.5. The van der Waals surface area contributed by atoms with Crippen LogP contribution in [0.2, 0.25) is 0 Å². The second kappa shape index (κ2) is 8.31. The van der Waals surface area contributed by atoms with Gasteiger partial charge in [-0.1, -0.05) is 19.8 Å². The summed E-state index contributed by atoms with van der Waals surface area (Å²) in [5, 5.41) is 2.94. The lowest BCUT2D eigenvalue weighted by atomic mass is 10.2. The van der Waals surface area contributed by atoms with E-state index >= 15 is 0 Å². The largest absolute Gasteiger partial charge is 0.484 e. The molecule has 2 rings (SSSR count). The summed E-state index contributed by atoms with van der Waals surface area (Å²) in [6.45, 7) is 2.24. The summed E-state index contributed by atoms with van der Waals surface area (Å²) in [5.74, 6) is 0.333. The van der Waals surface area contributed by atoms with Gasteiger partial charge >= 0.3 is 0 Å². The van der Waals surface area contributed by atoms with Crippen molar-refractivity contribution in [3.8, 4) is 5.75 Å². The summed E-state index contributed by atoms with van der Waals surface area (Å²) in [4.78, 5) is 12.0. The van der Waals surface area contributed by atoms with Crippen LogP contribution in [-0.4, -0.2) is 33.5 Å². The predicted octanol–water partition coefficient (Wildman–Crippen LogP) is 1.81. The quantitative estimate of drug-likeness (QED) is 0.756. The molecular formula is C16H24N2O4S. The SMILES string of the molecule is CCCNS(=O)(=O)c1ccc(OCC(=O)NC2CCCC2)cc1. The Morgan fingerprint density at radius 2 is 1.87 bits per heavy atom. The number of ether oxygens (including phenoxy) is 1. The number of amides is 1. The van der Waals surface area contributed by atoms with E-state index in [0.29, 0.717) is 12.3 Å². The first kappa shape index (κ1) is 17.7. The molecule has 0 aromatic heterocycles. The topological polar surface area (TPSA) is 84.5 Å². The van der Waals surface area contributed by atoms with Crippen LogP contribution in [0.15, 0.2) is 29.2 Å². The van der Waals surface area contributed by atoms with Gasteiger partial charge in [-0.25, -0.2) is 13.1 Å². The second-order valence-electron chi connectivity index (χ2n) is 5.71. The van der Waals surface area contributed by atoms with Gasteiger partial charge in [-0.3, -0.25) is 4.79 Å². The Morgan fingerprint density at radius 3 is 2.48 bits per heavy atom. The highest BCUT2D eigenvalue weighted by Gasteiger charge is 2.17. The summed E-state index contributed by atoms with van der Waals surface area (Å²) < 4.78 is 31.8. The zero-order chi connectivity index (χ0) is 16.7. The van der Waals surface area contributed by atoms with E-state index in [4.69, 9.17) is 4.74 Å². The van der Waals surface area contributed by atoms with Crippen LogP contribution in [0.1, 0.15) is 39.0 Å². The first-order valence-corrected chi connectivity index (χ1v) is 9.51. The molecule has 0 bridgehead atoms. The third-order valence-electron chi connectivity index (χ3n) is 3.77. The summed E-state index contributed by atoms with van der Waals surface area (Å²) >= 11 is 0. The Balaban J connectivity index is 1.83. The number of carbonyl (C=O) groups excluding carboxylic acids is 1. The Bertz CT molecular complexity index is 607. The number of hydrogen-bond donors (Lipinski definition) is 2. The van der Waals surface area contributed by atoms with E-state index in [-0.39, 0.29) is 23.5 Å². The molecule has 1 saturated carbocycles. The molecule has 1 aliphatic rings. The average molecular weight is 340 g/mol. The van der Waals surface area contributed by atoms with Gasteiger partial charge in [0.15, 0.2) is 6.61 Å². The molecule has 1 aromatic rings. The van der Waals surface area contributed by atoms with Crippen LogP contribution in [0.5, 0.6) is 5.75 Å². The van der Waals surface area contributed by atoms with Gasteiger partial charge in [0.1, 0.15) is 5.75 Å². The minimum Gasteiger partial charge on any atom is -0.484 e. The Labute approximate surface area is 137 Å². The van der Waals surface area contributed by atoms with Crippen LogP contribution >= 0.6 is 0 Å². The molecular weight excluding hydrogens is 316 g/mol. The predicted molar refractivity (Wildman–Crippen MR) is 87.8 cm³/mol. The van der Waals surface area contributed by atoms with Crippen LogP contribution in [0, 0.1) is 0 Å². The van der Waals surface area contributed by atoms with Gasteiger partial charge in [-0.05, 0) is 43.5 Å². The van der Waals surface area contributed by atoms with Crippen LogP contribution in [0.25, 0.3) is 0 Å². The monoisotopic (exact) mass is 340 g/mol. The van der Waals surface area contributed by atoms with E-state index in [0.717, 1.165) is 32.1 Å². The molecule has 0 heterocycles. The van der Waals surface area contributed by atoms with Gasteiger partial charge in [0, 0.05) is 12.6 Å². The molecule has 128 valence electrons. The summed E-state index contributed by atoms with van der Waals surface area (Å²) in [6, 6.07) is 6.33. The fourth-order valence-corrected chi connectivity index (χ4v) is 3.66. The van der Waals surface area contributed by atoms with Gasteiger partial charge < -0.3 is 10.1 Å². The van der Waals surface area contributed by atoms with Crippen molar-refractivity contribution in [3.05, 3.63) is 24.3 Å². The molecule has 7 heteroatoms. The van der Waals surface area contributed by atoms with E-state index in [2.05, 4.69) is 10.0 Å². The number of benzene rings is 1. The van der Waals surface area contributed by atoms with Gasteiger partial charge in [-0.2, -0.15) is 0 Å². The second-order valence-corrected chi connectivity index (χ2v) is 7.47. The average Bonchev–Trinajstić information content (AvgIpc) is 3.04. The van der Waals surface area contributed by atoms with Crippen LogP contribution < -0.4 is 14.8 Å². The standard InChI is InChI=1S/C16H24N2O4S/c1-2-11-17-23(20,21)15-9-7-14(8-10-15)22-12-16(19)18-13-5-3-4-6-13/h7-10,13,17H,2-6,11-12H2,1H3,(H,18,19). The molecule has 1 amide bonds. The highest BCUT2D eigenvalue weighted by molar-refractivity contribution is 7.89. The molecule has 1 aliphatic carbocycles. The Hall–Kier alpha value is -1.60. The lowest BCUT2D eigenvalue weighted by Crippen LogP contribution is -2.36. The maximum absolute atomic E-state index is 11.9. The highest BCUT2D eigenvalue weighted by atomic mass is 32.2. The first-order chi connectivity index (χ1) is 11.0. The van der Waals surface area contributed by atoms with Crippen molar-refractivity contribution in [2.45, 2.75) is 50.0 Å². The van der Waals surface area contributed by atoms with E-state index < -0.39 is 10.0 Å². The Morgan fingerprint density at radius 1 is 1.22 bits per heavy atom.